The Morgan fingerprint density at radius 2 is 1.71 bits per heavy atom. The minimum atomic E-state index is -0.714. The molecule has 2 aliphatic rings. The molecule has 0 saturated heterocycles. The third-order valence-corrected chi connectivity index (χ3v) is 5.86. The van der Waals surface area contributed by atoms with Crippen LogP contribution in [0.4, 0.5) is 8.78 Å². The molecule has 0 bridgehead atoms. The molecule has 24 heavy (non-hydrogen) atoms. The first-order valence-electron chi connectivity index (χ1n) is 8.92. The number of rotatable bonds is 5. The summed E-state index contributed by atoms with van der Waals surface area (Å²) in [5.74, 6) is -1.86. The molecule has 2 N–H and O–H groups in total. The third-order valence-electron chi connectivity index (χ3n) is 5.86. The number of halogens is 2. The van der Waals surface area contributed by atoms with Gasteiger partial charge in [0, 0.05) is 23.6 Å². The first-order valence-corrected chi connectivity index (χ1v) is 8.92. The lowest BCUT2D eigenvalue weighted by Gasteiger charge is -2.34. The van der Waals surface area contributed by atoms with E-state index in [1.807, 2.05) is 0 Å². The molecule has 5 heteroatoms. The van der Waals surface area contributed by atoms with Gasteiger partial charge in [0.25, 0.3) is 0 Å². The first kappa shape index (κ1) is 17.3. The van der Waals surface area contributed by atoms with Crippen LogP contribution in [0.25, 0.3) is 0 Å². The summed E-state index contributed by atoms with van der Waals surface area (Å²) in [6.45, 7) is 0.563. The summed E-state index contributed by atoms with van der Waals surface area (Å²) in [5, 5.41) is 12.6. The maximum absolute atomic E-state index is 14.3. The van der Waals surface area contributed by atoms with E-state index in [0.29, 0.717) is 19.4 Å². The van der Waals surface area contributed by atoms with Gasteiger partial charge in [-0.3, -0.25) is 4.79 Å². The van der Waals surface area contributed by atoms with Gasteiger partial charge in [-0.15, -0.1) is 0 Å². The van der Waals surface area contributed by atoms with Crippen molar-refractivity contribution >= 4 is 5.97 Å². The molecule has 0 amide bonds. The zero-order valence-corrected chi connectivity index (χ0v) is 13.9. The lowest BCUT2D eigenvalue weighted by atomic mass is 9.77. The van der Waals surface area contributed by atoms with Gasteiger partial charge < -0.3 is 10.4 Å². The van der Waals surface area contributed by atoms with Gasteiger partial charge >= 0.3 is 5.97 Å². The maximum Gasteiger partial charge on any atom is 0.306 e. The molecular weight excluding hydrogens is 312 g/mol. The highest BCUT2D eigenvalue weighted by atomic mass is 19.1. The molecule has 132 valence electrons. The average Bonchev–Trinajstić information content (AvgIpc) is 3.03. The van der Waals surface area contributed by atoms with E-state index in [1.165, 1.54) is 18.2 Å². The lowest BCUT2D eigenvalue weighted by molar-refractivity contribution is -0.142. The van der Waals surface area contributed by atoms with Gasteiger partial charge in [-0.05, 0) is 50.7 Å². The van der Waals surface area contributed by atoms with E-state index in [2.05, 4.69) is 5.32 Å². The van der Waals surface area contributed by atoms with E-state index >= 15 is 0 Å². The van der Waals surface area contributed by atoms with Gasteiger partial charge in [0.05, 0.1) is 5.92 Å². The standard InChI is InChI=1S/C19H25F2NO2/c20-15-4-3-5-16(21)17(15)19(10-1-2-11-19)12-22-14-8-6-13(7-9-14)18(23)24/h3-5,13-14,22H,1-2,6-12H2,(H,23,24). The van der Waals surface area contributed by atoms with E-state index in [0.717, 1.165) is 38.5 Å². The van der Waals surface area contributed by atoms with Crippen molar-refractivity contribution in [1.82, 2.24) is 5.32 Å². The zero-order chi connectivity index (χ0) is 17.2. The van der Waals surface area contributed by atoms with Crippen LogP contribution in [-0.4, -0.2) is 23.7 Å². The van der Waals surface area contributed by atoms with Crippen LogP contribution in [-0.2, 0) is 10.2 Å². The lowest BCUT2D eigenvalue weighted by Crippen LogP contribution is -2.43. The molecule has 0 radical (unpaired) electrons. The summed E-state index contributed by atoms with van der Waals surface area (Å²) in [5.41, 5.74) is -0.242. The minimum absolute atomic E-state index is 0.231. The van der Waals surface area contributed by atoms with Gasteiger partial charge in [0.2, 0.25) is 0 Å². The molecule has 0 heterocycles. The van der Waals surface area contributed by atoms with E-state index in [9.17, 15) is 13.6 Å². The highest BCUT2D eigenvalue weighted by molar-refractivity contribution is 5.70. The van der Waals surface area contributed by atoms with Crippen LogP contribution < -0.4 is 5.32 Å². The molecule has 2 fully saturated rings. The quantitative estimate of drug-likeness (QED) is 0.853. The van der Waals surface area contributed by atoms with Crippen LogP contribution >= 0.6 is 0 Å². The molecule has 1 aromatic rings. The Kier molecular flexibility index (Phi) is 5.18. The van der Waals surface area contributed by atoms with Crippen molar-refractivity contribution in [3.8, 4) is 0 Å². The van der Waals surface area contributed by atoms with Crippen molar-refractivity contribution in [1.29, 1.82) is 0 Å². The van der Waals surface area contributed by atoms with Gasteiger partial charge in [-0.25, -0.2) is 8.78 Å². The molecule has 0 atom stereocenters. The Morgan fingerprint density at radius 1 is 1.12 bits per heavy atom. The van der Waals surface area contributed by atoms with Crippen molar-refractivity contribution in [2.45, 2.75) is 62.8 Å². The molecule has 0 unspecified atom stereocenters. The molecule has 3 nitrogen and oxygen atoms in total. The monoisotopic (exact) mass is 337 g/mol. The topological polar surface area (TPSA) is 49.3 Å². The maximum atomic E-state index is 14.3. The summed E-state index contributed by atoms with van der Waals surface area (Å²) in [6, 6.07) is 4.35. The number of carboxylic acid groups (broad SMARTS) is 1. The molecule has 2 saturated carbocycles. The second kappa shape index (κ2) is 7.18. The number of hydrogen-bond acceptors (Lipinski definition) is 2. The van der Waals surface area contributed by atoms with Crippen LogP contribution in [0.1, 0.15) is 56.9 Å². The fourth-order valence-corrected chi connectivity index (χ4v) is 4.46. The van der Waals surface area contributed by atoms with E-state index in [1.54, 1.807) is 0 Å². The number of carbonyl (C=O) groups is 1. The fourth-order valence-electron chi connectivity index (χ4n) is 4.46. The second-order valence-electron chi connectivity index (χ2n) is 7.35. The van der Waals surface area contributed by atoms with Crippen LogP contribution in [0.2, 0.25) is 0 Å². The van der Waals surface area contributed by atoms with Crippen LogP contribution in [0.15, 0.2) is 18.2 Å². The van der Waals surface area contributed by atoms with Gasteiger partial charge in [0.15, 0.2) is 0 Å². The summed E-state index contributed by atoms with van der Waals surface area (Å²) >= 11 is 0. The average molecular weight is 337 g/mol. The number of hydrogen-bond donors (Lipinski definition) is 2. The van der Waals surface area contributed by atoms with E-state index < -0.39 is 23.0 Å². The summed E-state index contributed by atoms with van der Waals surface area (Å²) in [4.78, 5) is 11.0. The number of nitrogens with one attached hydrogen (secondary N) is 1. The van der Waals surface area contributed by atoms with E-state index in [4.69, 9.17) is 5.11 Å². The Hall–Kier alpha value is -1.49. The Labute approximate surface area is 141 Å². The molecular formula is C19H25F2NO2. The van der Waals surface area contributed by atoms with Crippen molar-refractivity contribution in [3.63, 3.8) is 0 Å². The van der Waals surface area contributed by atoms with Crippen molar-refractivity contribution in [2.24, 2.45) is 5.92 Å². The highest BCUT2D eigenvalue weighted by Gasteiger charge is 2.40. The summed E-state index contributed by atoms with van der Waals surface area (Å²) < 4.78 is 28.6. The second-order valence-corrected chi connectivity index (χ2v) is 7.35. The first-order chi connectivity index (χ1) is 11.5. The molecule has 0 aliphatic heterocycles. The number of benzene rings is 1. The normalized spacial score (nSPS) is 26.4. The fraction of sp³-hybridized carbons (Fsp3) is 0.632. The summed E-state index contributed by atoms with van der Waals surface area (Å²) in [6.07, 6.45) is 6.54. The van der Waals surface area contributed by atoms with Gasteiger partial charge in [0.1, 0.15) is 11.6 Å². The predicted octanol–water partition coefficient (Wildman–Crippen LogP) is 4.01. The molecule has 0 spiro atoms. The Morgan fingerprint density at radius 3 is 2.25 bits per heavy atom. The molecule has 0 aromatic heterocycles. The predicted molar refractivity (Wildman–Crippen MR) is 87.9 cm³/mol. The van der Waals surface area contributed by atoms with Crippen LogP contribution in [0.5, 0.6) is 0 Å². The summed E-state index contributed by atoms with van der Waals surface area (Å²) in [7, 11) is 0. The third kappa shape index (κ3) is 3.46. The van der Waals surface area contributed by atoms with Gasteiger partial charge in [-0.1, -0.05) is 18.9 Å². The largest absolute Gasteiger partial charge is 0.481 e. The van der Waals surface area contributed by atoms with Crippen LogP contribution in [0.3, 0.4) is 0 Å². The molecule has 2 aliphatic carbocycles. The van der Waals surface area contributed by atoms with Crippen molar-refractivity contribution in [2.75, 3.05) is 6.54 Å². The minimum Gasteiger partial charge on any atom is -0.481 e. The Balaban J connectivity index is 1.68. The Bertz CT molecular complexity index is 571. The zero-order valence-electron chi connectivity index (χ0n) is 13.9. The van der Waals surface area contributed by atoms with Crippen molar-refractivity contribution in [3.05, 3.63) is 35.4 Å². The van der Waals surface area contributed by atoms with Crippen LogP contribution in [0, 0.1) is 17.6 Å². The molecule has 3 rings (SSSR count). The van der Waals surface area contributed by atoms with Gasteiger partial charge in [-0.2, -0.15) is 0 Å². The van der Waals surface area contributed by atoms with E-state index in [-0.39, 0.29) is 17.5 Å². The van der Waals surface area contributed by atoms with Crippen molar-refractivity contribution < 1.29 is 18.7 Å². The smallest absolute Gasteiger partial charge is 0.306 e. The number of aliphatic carboxylic acids is 1. The highest BCUT2D eigenvalue weighted by Crippen LogP contribution is 2.43. The SMILES string of the molecule is O=C(O)C1CCC(NCC2(c3c(F)cccc3F)CCCC2)CC1. The molecule has 1 aromatic carbocycles. The number of carboxylic acids is 1.